The van der Waals surface area contributed by atoms with E-state index < -0.39 is 10.0 Å². The molecule has 118 valence electrons. The maximum absolute atomic E-state index is 12.6. The molecule has 2 rings (SSSR count). The Morgan fingerprint density at radius 3 is 2.36 bits per heavy atom. The standard InChI is InChI=1S/C15H16ClNO4S/c1-10-4-5-11(8-13(10)16)17-22(18,19)15-9-12(20-2)6-7-14(15)21-3/h4-9,17H,1-3H3. The molecule has 0 bridgehead atoms. The van der Waals surface area contributed by atoms with Crippen LogP contribution < -0.4 is 14.2 Å². The molecule has 0 amide bonds. The number of hydrogen-bond donors (Lipinski definition) is 1. The molecule has 0 unspecified atom stereocenters. The predicted molar refractivity (Wildman–Crippen MR) is 86.5 cm³/mol. The van der Waals surface area contributed by atoms with E-state index in [1.54, 1.807) is 24.3 Å². The third-order valence-corrected chi connectivity index (χ3v) is 4.89. The van der Waals surface area contributed by atoms with Crippen LogP contribution in [0.3, 0.4) is 0 Å². The summed E-state index contributed by atoms with van der Waals surface area (Å²) in [7, 11) is -0.962. The van der Waals surface area contributed by atoms with Gasteiger partial charge >= 0.3 is 0 Å². The van der Waals surface area contributed by atoms with Crippen LogP contribution in [0.25, 0.3) is 0 Å². The molecule has 0 fully saturated rings. The molecule has 0 saturated carbocycles. The molecule has 2 aromatic carbocycles. The van der Waals surface area contributed by atoms with Crippen molar-refractivity contribution in [3.05, 3.63) is 47.0 Å². The second kappa shape index (κ2) is 6.46. The molecule has 0 aliphatic rings. The molecule has 1 N–H and O–H groups in total. The van der Waals surface area contributed by atoms with Gasteiger partial charge < -0.3 is 9.47 Å². The van der Waals surface area contributed by atoms with Crippen molar-refractivity contribution < 1.29 is 17.9 Å². The molecule has 0 aromatic heterocycles. The Labute approximate surface area is 134 Å². The summed E-state index contributed by atoms with van der Waals surface area (Å²) in [5, 5.41) is 0.484. The summed E-state index contributed by atoms with van der Waals surface area (Å²) in [5.74, 6) is 0.648. The van der Waals surface area contributed by atoms with E-state index in [1.807, 2.05) is 6.92 Å². The molecule has 0 saturated heterocycles. The topological polar surface area (TPSA) is 64.6 Å². The molecule has 0 heterocycles. The Balaban J connectivity index is 2.43. The van der Waals surface area contributed by atoms with Crippen molar-refractivity contribution in [2.45, 2.75) is 11.8 Å². The Morgan fingerprint density at radius 1 is 1.05 bits per heavy atom. The lowest BCUT2D eigenvalue weighted by atomic mass is 10.2. The third kappa shape index (κ3) is 3.45. The van der Waals surface area contributed by atoms with Crippen molar-refractivity contribution in [2.75, 3.05) is 18.9 Å². The lowest BCUT2D eigenvalue weighted by molar-refractivity contribution is 0.392. The van der Waals surface area contributed by atoms with Crippen LogP contribution >= 0.6 is 11.6 Å². The summed E-state index contributed by atoms with van der Waals surface area (Å²) in [5.41, 5.74) is 1.24. The second-order valence-corrected chi connectivity index (χ2v) is 6.64. The van der Waals surface area contributed by atoms with Gasteiger partial charge in [0.25, 0.3) is 10.0 Å². The summed E-state index contributed by atoms with van der Waals surface area (Å²) in [6, 6.07) is 9.50. The van der Waals surface area contributed by atoms with E-state index in [1.165, 1.54) is 26.4 Å². The third-order valence-electron chi connectivity index (χ3n) is 3.08. The lowest BCUT2D eigenvalue weighted by Gasteiger charge is -2.13. The zero-order valence-corrected chi connectivity index (χ0v) is 14.0. The Bertz CT molecular complexity index is 790. The molecule has 22 heavy (non-hydrogen) atoms. The minimum Gasteiger partial charge on any atom is -0.497 e. The number of hydrogen-bond acceptors (Lipinski definition) is 4. The summed E-state index contributed by atoms with van der Waals surface area (Å²) in [6.45, 7) is 1.84. The molecule has 0 atom stereocenters. The van der Waals surface area contributed by atoms with Gasteiger partial charge in [0.1, 0.15) is 16.4 Å². The number of ether oxygens (including phenoxy) is 2. The summed E-state index contributed by atoms with van der Waals surface area (Å²) in [4.78, 5) is -0.00829. The van der Waals surface area contributed by atoms with Gasteiger partial charge in [-0.15, -0.1) is 0 Å². The molecule has 0 aliphatic heterocycles. The number of nitrogens with one attached hydrogen (secondary N) is 1. The van der Waals surface area contributed by atoms with Crippen LogP contribution in [0.4, 0.5) is 5.69 Å². The summed E-state index contributed by atoms with van der Waals surface area (Å²) < 4.78 is 37.8. The lowest BCUT2D eigenvalue weighted by Crippen LogP contribution is -2.14. The smallest absolute Gasteiger partial charge is 0.265 e. The zero-order chi connectivity index (χ0) is 16.3. The monoisotopic (exact) mass is 341 g/mol. The van der Waals surface area contributed by atoms with Crippen molar-refractivity contribution in [1.29, 1.82) is 0 Å². The van der Waals surface area contributed by atoms with Gasteiger partial charge in [-0.1, -0.05) is 17.7 Å². The van der Waals surface area contributed by atoms with Crippen LogP contribution in [0, 0.1) is 6.92 Å². The van der Waals surface area contributed by atoms with Gasteiger partial charge in [0.2, 0.25) is 0 Å². The number of halogens is 1. The van der Waals surface area contributed by atoms with Gasteiger partial charge in [-0.25, -0.2) is 8.42 Å². The van der Waals surface area contributed by atoms with E-state index in [2.05, 4.69) is 4.72 Å². The van der Waals surface area contributed by atoms with Crippen LogP contribution in [0.15, 0.2) is 41.3 Å². The summed E-state index contributed by atoms with van der Waals surface area (Å²) >= 11 is 6.02. The average Bonchev–Trinajstić information content (AvgIpc) is 2.50. The highest BCUT2D eigenvalue weighted by molar-refractivity contribution is 7.92. The second-order valence-electron chi connectivity index (χ2n) is 4.59. The van der Waals surface area contributed by atoms with E-state index in [0.717, 1.165) is 5.56 Å². The van der Waals surface area contributed by atoms with Gasteiger partial charge in [0.15, 0.2) is 0 Å². The minimum absolute atomic E-state index is 0.00829. The molecule has 7 heteroatoms. The van der Waals surface area contributed by atoms with E-state index in [-0.39, 0.29) is 10.6 Å². The summed E-state index contributed by atoms with van der Waals surface area (Å²) in [6.07, 6.45) is 0. The van der Waals surface area contributed by atoms with Gasteiger partial charge in [-0.3, -0.25) is 4.72 Å². The molecular weight excluding hydrogens is 326 g/mol. The maximum atomic E-state index is 12.6. The first-order valence-corrected chi connectivity index (χ1v) is 8.24. The number of benzene rings is 2. The van der Waals surface area contributed by atoms with Gasteiger partial charge in [-0.05, 0) is 36.8 Å². The fourth-order valence-corrected chi connectivity index (χ4v) is 3.28. The quantitative estimate of drug-likeness (QED) is 0.904. The van der Waals surface area contributed by atoms with Crippen molar-refractivity contribution in [2.24, 2.45) is 0 Å². The van der Waals surface area contributed by atoms with Gasteiger partial charge in [0.05, 0.1) is 19.9 Å². The maximum Gasteiger partial charge on any atom is 0.265 e. The van der Waals surface area contributed by atoms with Crippen molar-refractivity contribution >= 4 is 27.3 Å². The van der Waals surface area contributed by atoms with E-state index >= 15 is 0 Å². The van der Waals surface area contributed by atoms with Crippen LogP contribution in [-0.4, -0.2) is 22.6 Å². The first-order chi connectivity index (χ1) is 10.4. The number of methoxy groups -OCH3 is 2. The first-order valence-electron chi connectivity index (χ1n) is 6.38. The zero-order valence-electron chi connectivity index (χ0n) is 12.4. The fourth-order valence-electron chi connectivity index (χ4n) is 1.86. The molecule has 0 radical (unpaired) electrons. The molecule has 2 aromatic rings. The largest absolute Gasteiger partial charge is 0.497 e. The molecule has 0 spiro atoms. The van der Waals surface area contributed by atoms with E-state index in [4.69, 9.17) is 21.1 Å². The molecule has 5 nitrogen and oxygen atoms in total. The molecular formula is C15H16ClNO4S. The number of rotatable bonds is 5. The van der Waals surface area contributed by atoms with Crippen molar-refractivity contribution in [3.8, 4) is 11.5 Å². The first kappa shape index (κ1) is 16.5. The fraction of sp³-hybridized carbons (Fsp3) is 0.200. The van der Waals surface area contributed by atoms with Gasteiger partial charge in [0, 0.05) is 11.1 Å². The number of aryl methyl sites for hydroxylation is 1. The Morgan fingerprint density at radius 2 is 1.77 bits per heavy atom. The van der Waals surface area contributed by atoms with Gasteiger partial charge in [-0.2, -0.15) is 0 Å². The Hall–Kier alpha value is -1.92. The highest BCUT2D eigenvalue weighted by Crippen LogP contribution is 2.30. The predicted octanol–water partition coefficient (Wildman–Crippen LogP) is 3.47. The highest BCUT2D eigenvalue weighted by atomic mass is 35.5. The normalized spacial score (nSPS) is 11.1. The highest BCUT2D eigenvalue weighted by Gasteiger charge is 2.21. The van der Waals surface area contributed by atoms with E-state index in [9.17, 15) is 8.42 Å². The molecule has 0 aliphatic carbocycles. The Kier molecular flexibility index (Phi) is 4.83. The number of sulfonamides is 1. The SMILES string of the molecule is COc1ccc(OC)c(S(=O)(=O)Nc2ccc(C)c(Cl)c2)c1. The minimum atomic E-state index is -3.83. The van der Waals surface area contributed by atoms with Crippen molar-refractivity contribution in [1.82, 2.24) is 0 Å². The number of anilines is 1. The van der Waals surface area contributed by atoms with Crippen LogP contribution in [0.5, 0.6) is 11.5 Å². The van der Waals surface area contributed by atoms with Crippen LogP contribution in [-0.2, 0) is 10.0 Å². The van der Waals surface area contributed by atoms with E-state index in [0.29, 0.717) is 16.5 Å². The average molecular weight is 342 g/mol. The van der Waals surface area contributed by atoms with Crippen molar-refractivity contribution in [3.63, 3.8) is 0 Å². The van der Waals surface area contributed by atoms with Crippen LogP contribution in [0.1, 0.15) is 5.56 Å². The van der Waals surface area contributed by atoms with Crippen LogP contribution in [0.2, 0.25) is 5.02 Å².